The van der Waals surface area contributed by atoms with Crippen LogP contribution >= 0.6 is 0 Å². The number of primary amides is 1. The van der Waals surface area contributed by atoms with E-state index in [0.29, 0.717) is 0 Å². The van der Waals surface area contributed by atoms with Crippen LogP contribution in [0.4, 0.5) is 13.2 Å². The van der Waals surface area contributed by atoms with Crippen molar-refractivity contribution in [1.29, 1.82) is 0 Å². The number of nitrogens with two attached hydrogens (primary N) is 1. The Kier molecular flexibility index (Phi) is 2.90. The summed E-state index contributed by atoms with van der Waals surface area (Å²) >= 11 is 0. The first-order chi connectivity index (χ1) is 4.76. The maximum atomic E-state index is 11.9. The maximum Gasteiger partial charge on any atom is 0.400 e. The SMILES string of the molecule is CC(C)[C@@H](C(N)=O)C(F)(F)F. The van der Waals surface area contributed by atoms with E-state index in [1.807, 2.05) is 0 Å². The van der Waals surface area contributed by atoms with Crippen molar-refractivity contribution in [3.8, 4) is 0 Å². The highest BCUT2D eigenvalue weighted by Crippen LogP contribution is 2.31. The molecule has 5 heteroatoms. The molecule has 1 amide bonds. The average Bonchev–Trinajstić information content (AvgIpc) is 1.54. The van der Waals surface area contributed by atoms with E-state index in [1.165, 1.54) is 13.8 Å². The molecule has 11 heavy (non-hydrogen) atoms. The summed E-state index contributed by atoms with van der Waals surface area (Å²) in [5.41, 5.74) is 4.56. The molecule has 0 spiro atoms. The van der Waals surface area contributed by atoms with Gasteiger partial charge in [0.2, 0.25) is 5.91 Å². The molecule has 0 bridgehead atoms. The van der Waals surface area contributed by atoms with E-state index in [0.717, 1.165) is 0 Å². The molecule has 66 valence electrons. The first kappa shape index (κ1) is 10.3. The van der Waals surface area contributed by atoms with Crippen molar-refractivity contribution in [3.63, 3.8) is 0 Å². The van der Waals surface area contributed by atoms with Gasteiger partial charge in [0.25, 0.3) is 0 Å². The molecular weight excluding hydrogens is 159 g/mol. The topological polar surface area (TPSA) is 43.1 Å². The van der Waals surface area contributed by atoms with Crippen LogP contribution in [0, 0.1) is 11.8 Å². The third-order valence-electron chi connectivity index (χ3n) is 1.33. The fourth-order valence-corrected chi connectivity index (χ4v) is 0.868. The zero-order valence-corrected chi connectivity index (χ0v) is 6.27. The highest BCUT2D eigenvalue weighted by molar-refractivity contribution is 5.77. The lowest BCUT2D eigenvalue weighted by atomic mass is 9.95. The predicted octanol–water partition coefficient (Wildman–Crippen LogP) is 1.31. The Balaban J connectivity index is 4.49. The van der Waals surface area contributed by atoms with E-state index in [4.69, 9.17) is 0 Å². The molecule has 0 aliphatic rings. The minimum Gasteiger partial charge on any atom is -0.369 e. The van der Waals surface area contributed by atoms with Crippen LogP contribution < -0.4 is 5.73 Å². The van der Waals surface area contributed by atoms with Gasteiger partial charge in [0.05, 0.1) is 0 Å². The van der Waals surface area contributed by atoms with Gasteiger partial charge in [0, 0.05) is 0 Å². The highest BCUT2D eigenvalue weighted by Gasteiger charge is 2.45. The summed E-state index contributed by atoms with van der Waals surface area (Å²) in [6, 6.07) is 0. The Labute approximate surface area is 62.6 Å². The molecule has 0 unspecified atom stereocenters. The number of rotatable bonds is 2. The van der Waals surface area contributed by atoms with Crippen molar-refractivity contribution in [3.05, 3.63) is 0 Å². The molecule has 0 aliphatic heterocycles. The molecule has 0 rings (SSSR count). The smallest absolute Gasteiger partial charge is 0.369 e. The number of carbonyl (C=O) groups excluding carboxylic acids is 1. The van der Waals surface area contributed by atoms with E-state index in [-0.39, 0.29) is 0 Å². The van der Waals surface area contributed by atoms with E-state index >= 15 is 0 Å². The van der Waals surface area contributed by atoms with Crippen molar-refractivity contribution in [2.45, 2.75) is 20.0 Å². The predicted molar refractivity (Wildman–Crippen MR) is 33.6 cm³/mol. The first-order valence-electron chi connectivity index (χ1n) is 3.13. The number of amides is 1. The molecule has 0 aromatic rings. The monoisotopic (exact) mass is 169 g/mol. The summed E-state index contributed by atoms with van der Waals surface area (Å²) in [6.45, 7) is 2.62. The quantitative estimate of drug-likeness (QED) is 0.665. The summed E-state index contributed by atoms with van der Waals surface area (Å²) in [5, 5.41) is 0. The van der Waals surface area contributed by atoms with E-state index in [2.05, 4.69) is 5.73 Å². The Morgan fingerprint density at radius 1 is 1.36 bits per heavy atom. The standard InChI is InChI=1S/C6H10F3NO/c1-3(2)4(5(10)11)6(7,8)9/h3-4H,1-2H3,(H2,10,11)/t4-/m0/s1. The minimum absolute atomic E-state index is 0.799. The number of hydrogen-bond acceptors (Lipinski definition) is 1. The molecule has 0 radical (unpaired) electrons. The maximum absolute atomic E-state index is 11.9. The molecular formula is C6H10F3NO. The van der Waals surface area contributed by atoms with Gasteiger partial charge in [-0.05, 0) is 5.92 Å². The number of alkyl halides is 3. The third kappa shape index (κ3) is 2.78. The van der Waals surface area contributed by atoms with Gasteiger partial charge in [-0.1, -0.05) is 13.8 Å². The van der Waals surface area contributed by atoms with Crippen molar-refractivity contribution >= 4 is 5.91 Å². The third-order valence-corrected chi connectivity index (χ3v) is 1.33. The van der Waals surface area contributed by atoms with Gasteiger partial charge in [0.1, 0.15) is 5.92 Å². The number of carbonyl (C=O) groups is 1. The zero-order valence-electron chi connectivity index (χ0n) is 6.27. The minimum atomic E-state index is -4.51. The largest absolute Gasteiger partial charge is 0.400 e. The number of halogens is 3. The van der Waals surface area contributed by atoms with Crippen molar-refractivity contribution in [2.24, 2.45) is 17.6 Å². The fraction of sp³-hybridized carbons (Fsp3) is 0.833. The van der Waals surface area contributed by atoms with Gasteiger partial charge >= 0.3 is 6.18 Å². The van der Waals surface area contributed by atoms with E-state index < -0.39 is 23.9 Å². The lowest BCUT2D eigenvalue weighted by molar-refractivity contribution is -0.189. The second-order valence-corrected chi connectivity index (χ2v) is 2.67. The Morgan fingerprint density at radius 2 is 1.73 bits per heavy atom. The van der Waals surface area contributed by atoms with E-state index in [1.54, 1.807) is 0 Å². The average molecular weight is 169 g/mol. The van der Waals surface area contributed by atoms with Crippen molar-refractivity contribution in [1.82, 2.24) is 0 Å². The van der Waals surface area contributed by atoms with Crippen LogP contribution in [0.2, 0.25) is 0 Å². The number of hydrogen-bond donors (Lipinski definition) is 1. The van der Waals surface area contributed by atoms with Crippen LogP contribution in [0.5, 0.6) is 0 Å². The summed E-state index contributed by atoms with van der Waals surface area (Å²) in [6.07, 6.45) is -4.51. The molecule has 2 nitrogen and oxygen atoms in total. The molecule has 0 saturated heterocycles. The van der Waals surface area contributed by atoms with Gasteiger partial charge in [-0.3, -0.25) is 4.79 Å². The van der Waals surface area contributed by atoms with Gasteiger partial charge in [-0.2, -0.15) is 13.2 Å². The van der Waals surface area contributed by atoms with Crippen molar-refractivity contribution < 1.29 is 18.0 Å². The van der Waals surface area contributed by atoms with Crippen LogP contribution in [0.1, 0.15) is 13.8 Å². The van der Waals surface area contributed by atoms with Gasteiger partial charge in [-0.15, -0.1) is 0 Å². The van der Waals surface area contributed by atoms with Crippen molar-refractivity contribution in [2.75, 3.05) is 0 Å². The zero-order chi connectivity index (χ0) is 9.23. The second kappa shape index (κ2) is 3.11. The molecule has 0 heterocycles. The Morgan fingerprint density at radius 3 is 1.73 bits per heavy atom. The van der Waals surface area contributed by atoms with Gasteiger partial charge in [-0.25, -0.2) is 0 Å². The Hall–Kier alpha value is -0.740. The molecule has 0 saturated carbocycles. The van der Waals surface area contributed by atoms with E-state index in [9.17, 15) is 18.0 Å². The van der Waals surface area contributed by atoms with Crippen LogP contribution in [-0.4, -0.2) is 12.1 Å². The molecule has 0 aliphatic carbocycles. The first-order valence-corrected chi connectivity index (χ1v) is 3.13. The summed E-state index contributed by atoms with van der Waals surface area (Å²) in [5.74, 6) is -4.14. The summed E-state index contributed by atoms with van der Waals surface area (Å²) in [7, 11) is 0. The van der Waals surface area contributed by atoms with Crippen LogP contribution in [0.15, 0.2) is 0 Å². The molecule has 0 aromatic heterocycles. The Bertz CT molecular complexity index is 152. The lowest BCUT2D eigenvalue weighted by Crippen LogP contribution is -2.39. The second-order valence-electron chi connectivity index (χ2n) is 2.67. The molecule has 0 aromatic carbocycles. The van der Waals surface area contributed by atoms with Gasteiger partial charge < -0.3 is 5.73 Å². The summed E-state index contributed by atoms with van der Waals surface area (Å²) < 4.78 is 35.8. The molecule has 1 atom stereocenters. The molecule has 2 N–H and O–H groups in total. The van der Waals surface area contributed by atoms with Gasteiger partial charge in [0.15, 0.2) is 0 Å². The normalized spacial score (nSPS) is 15.1. The lowest BCUT2D eigenvalue weighted by Gasteiger charge is -2.19. The molecule has 0 fully saturated rings. The fourth-order valence-electron chi connectivity index (χ4n) is 0.868. The van der Waals surface area contributed by atoms with Crippen LogP contribution in [-0.2, 0) is 4.79 Å². The van der Waals surface area contributed by atoms with Crippen LogP contribution in [0.3, 0.4) is 0 Å². The van der Waals surface area contributed by atoms with Crippen LogP contribution in [0.25, 0.3) is 0 Å². The highest BCUT2D eigenvalue weighted by atomic mass is 19.4. The summed E-state index contributed by atoms with van der Waals surface area (Å²) in [4.78, 5) is 10.3.